The van der Waals surface area contributed by atoms with Crippen LogP contribution in [-0.4, -0.2) is 19.3 Å². The number of hydrogen-bond donors (Lipinski definition) is 0. The fraction of sp³-hybridized carbons (Fsp3) is 0.714. The van der Waals surface area contributed by atoms with E-state index >= 15 is 0 Å². The third-order valence-corrected chi connectivity index (χ3v) is 3.80. The Hall–Kier alpha value is -1.03. The number of nitrogens with zero attached hydrogens (tertiary/aromatic N) is 4. The number of fused-ring (bicyclic) bond motifs is 1. The highest BCUT2D eigenvalue weighted by Gasteiger charge is 2.17. The molecule has 0 N–H and O–H groups in total. The number of unbranched alkanes of at least 4 members (excludes halogenated alkanes) is 3. The SMILES string of the molecule is CCCCCCn1c(CCl)nc2c(CC)nn(C)c21. The summed E-state index contributed by atoms with van der Waals surface area (Å²) in [6.07, 6.45) is 5.89. The molecule has 0 atom stereocenters. The maximum atomic E-state index is 6.04. The maximum absolute atomic E-state index is 6.04. The van der Waals surface area contributed by atoms with Crippen LogP contribution in [0.1, 0.15) is 51.0 Å². The van der Waals surface area contributed by atoms with Gasteiger partial charge in [-0.05, 0) is 12.8 Å². The van der Waals surface area contributed by atoms with Gasteiger partial charge in [0.05, 0.1) is 11.6 Å². The molecule has 4 nitrogen and oxygen atoms in total. The quantitative estimate of drug-likeness (QED) is 0.574. The molecule has 0 bridgehead atoms. The van der Waals surface area contributed by atoms with Crippen molar-refractivity contribution in [3.63, 3.8) is 0 Å². The monoisotopic (exact) mass is 282 g/mol. The molecule has 5 heteroatoms. The molecule has 2 rings (SSSR count). The van der Waals surface area contributed by atoms with E-state index in [0.29, 0.717) is 5.88 Å². The molecule has 2 heterocycles. The molecule has 0 aliphatic carbocycles. The Bertz CT molecular complexity index is 541. The van der Waals surface area contributed by atoms with Crippen molar-refractivity contribution in [3.8, 4) is 0 Å². The Labute approximate surface area is 119 Å². The second-order valence-corrected chi connectivity index (χ2v) is 5.24. The van der Waals surface area contributed by atoms with Gasteiger partial charge in [-0.2, -0.15) is 5.10 Å². The lowest BCUT2D eigenvalue weighted by Crippen LogP contribution is -2.06. The molecular formula is C14H23ClN4. The summed E-state index contributed by atoms with van der Waals surface area (Å²) in [6.45, 7) is 5.33. The van der Waals surface area contributed by atoms with E-state index < -0.39 is 0 Å². The number of alkyl halides is 1. The second-order valence-electron chi connectivity index (χ2n) is 4.97. The molecule has 0 unspecified atom stereocenters. The van der Waals surface area contributed by atoms with Gasteiger partial charge in [-0.25, -0.2) is 4.98 Å². The van der Waals surface area contributed by atoms with Crippen LogP contribution >= 0.6 is 11.6 Å². The lowest BCUT2D eigenvalue weighted by Gasteiger charge is -2.07. The number of imidazole rings is 1. The van der Waals surface area contributed by atoms with Gasteiger partial charge in [0.25, 0.3) is 0 Å². The summed E-state index contributed by atoms with van der Waals surface area (Å²) in [5.74, 6) is 1.43. The number of rotatable bonds is 7. The topological polar surface area (TPSA) is 35.6 Å². The average Bonchev–Trinajstić information content (AvgIpc) is 2.93. The Kier molecular flexibility index (Phi) is 4.86. The van der Waals surface area contributed by atoms with E-state index in [-0.39, 0.29) is 0 Å². The minimum atomic E-state index is 0.464. The first-order chi connectivity index (χ1) is 9.22. The zero-order valence-corrected chi connectivity index (χ0v) is 12.9. The van der Waals surface area contributed by atoms with Gasteiger partial charge in [0.2, 0.25) is 0 Å². The van der Waals surface area contributed by atoms with Crippen LogP contribution < -0.4 is 0 Å². The van der Waals surface area contributed by atoms with Crippen LogP contribution in [-0.2, 0) is 25.9 Å². The zero-order chi connectivity index (χ0) is 13.8. The van der Waals surface area contributed by atoms with Gasteiger partial charge in [-0.3, -0.25) is 4.68 Å². The Morgan fingerprint density at radius 1 is 1.16 bits per heavy atom. The largest absolute Gasteiger partial charge is 0.312 e. The third-order valence-electron chi connectivity index (χ3n) is 3.56. The van der Waals surface area contributed by atoms with Crippen LogP contribution in [0, 0.1) is 0 Å². The van der Waals surface area contributed by atoms with E-state index in [9.17, 15) is 0 Å². The summed E-state index contributed by atoms with van der Waals surface area (Å²) in [6, 6.07) is 0. The molecule has 0 saturated heterocycles. The number of aryl methyl sites for hydroxylation is 3. The lowest BCUT2D eigenvalue weighted by atomic mass is 10.2. The van der Waals surface area contributed by atoms with E-state index in [1.54, 1.807) is 0 Å². The number of halogens is 1. The van der Waals surface area contributed by atoms with Crippen LogP contribution in [0.4, 0.5) is 0 Å². The zero-order valence-electron chi connectivity index (χ0n) is 12.1. The summed E-state index contributed by atoms with van der Waals surface area (Å²) in [7, 11) is 1.99. The first kappa shape index (κ1) is 14.4. The van der Waals surface area contributed by atoms with E-state index in [1.807, 2.05) is 11.7 Å². The van der Waals surface area contributed by atoms with Crippen molar-refractivity contribution >= 4 is 22.8 Å². The van der Waals surface area contributed by atoms with Crippen molar-refractivity contribution in [1.29, 1.82) is 0 Å². The summed E-state index contributed by atoms with van der Waals surface area (Å²) < 4.78 is 4.18. The Balaban J connectivity index is 2.31. The summed E-state index contributed by atoms with van der Waals surface area (Å²) in [5.41, 5.74) is 3.20. The molecular weight excluding hydrogens is 260 g/mol. The van der Waals surface area contributed by atoms with Gasteiger partial charge < -0.3 is 4.57 Å². The fourth-order valence-electron chi connectivity index (χ4n) is 2.56. The molecule has 0 radical (unpaired) electrons. The first-order valence-corrected chi connectivity index (χ1v) is 7.73. The molecule has 2 aromatic rings. The van der Waals surface area contributed by atoms with Crippen LogP contribution in [0.15, 0.2) is 0 Å². The molecule has 0 amide bonds. The molecule has 19 heavy (non-hydrogen) atoms. The predicted molar refractivity (Wildman–Crippen MR) is 79.6 cm³/mol. The van der Waals surface area contributed by atoms with Crippen LogP contribution in [0.25, 0.3) is 11.2 Å². The average molecular weight is 283 g/mol. The van der Waals surface area contributed by atoms with E-state index in [2.05, 4.69) is 28.5 Å². The summed E-state index contributed by atoms with van der Waals surface area (Å²) >= 11 is 6.04. The minimum Gasteiger partial charge on any atom is -0.312 e. The van der Waals surface area contributed by atoms with E-state index in [1.165, 1.54) is 25.7 Å². The van der Waals surface area contributed by atoms with Crippen molar-refractivity contribution in [2.45, 2.75) is 58.4 Å². The molecule has 0 aliphatic rings. The highest BCUT2D eigenvalue weighted by atomic mass is 35.5. The standard InChI is InChI=1S/C14H23ClN4/c1-4-6-7-8-9-19-12(10-15)16-13-11(5-2)17-18(3)14(13)19/h4-10H2,1-3H3. The fourth-order valence-corrected chi connectivity index (χ4v) is 2.76. The van der Waals surface area contributed by atoms with Gasteiger partial charge in [0, 0.05) is 13.6 Å². The van der Waals surface area contributed by atoms with Crippen LogP contribution in [0.5, 0.6) is 0 Å². The molecule has 0 spiro atoms. The molecule has 0 aliphatic heterocycles. The van der Waals surface area contributed by atoms with Gasteiger partial charge in [-0.15, -0.1) is 11.6 Å². The maximum Gasteiger partial charge on any atom is 0.158 e. The minimum absolute atomic E-state index is 0.464. The van der Waals surface area contributed by atoms with Crippen molar-refractivity contribution in [2.24, 2.45) is 7.05 Å². The van der Waals surface area contributed by atoms with Crippen LogP contribution in [0.3, 0.4) is 0 Å². The van der Waals surface area contributed by atoms with Gasteiger partial charge in [-0.1, -0.05) is 33.1 Å². The summed E-state index contributed by atoms with van der Waals surface area (Å²) in [4.78, 5) is 4.67. The number of hydrogen-bond acceptors (Lipinski definition) is 2. The molecule has 0 aromatic carbocycles. The van der Waals surface area contributed by atoms with Crippen molar-refractivity contribution < 1.29 is 0 Å². The second kappa shape index (κ2) is 6.42. The van der Waals surface area contributed by atoms with Crippen molar-refractivity contribution in [3.05, 3.63) is 11.5 Å². The highest BCUT2D eigenvalue weighted by molar-refractivity contribution is 6.16. The molecule has 0 saturated carbocycles. The number of aromatic nitrogens is 4. The van der Waals surface area contributed by atoms with Crippen molar-refractivity contribution in [1.82, 2.24) is 19.3 Å². The van der Waals surface area contributed by atoms with Gasteiger partial charge in [0.1, 0.15) is 11.3 Å². The molecule has 106 valence electrons. The first-order valence-electron chi connectivity index (χ1n) is 7.19. The summed E-state index contributed by atoms with van der Waals surface area (Å²) in [5, 5.41) is 4.54. The van der Waals surface area contributed by atoms with Gasteiger partial charge >= 0.3 is 0 Å². The third kappa shape index (κ3) is 2.78. The van der Waals surface area contributed by atoms with E-state index in [4.69, 9.17) is 11.6 Å². The van der Waals surface area contributed by atoms with Crippen molar-refractivity contribution in [2.75, 3.05) is 0 Å². The van der Waals surface area contributed by atoms with Gasteiger partial charge in [0.15, 0.2) is 5.65 Å². The molecule has 0 fully saturated rings. The Morgan fingerprint density at radius 2 is 1.95 bits per heavy atom. The lowest BCUT2D eigenvalue weighted by molar-refractivity contribution is 0.569. The van der Waals surface area contributed by atoms with Crippen LogP contribution in [0.2, 0.25) is 0 Å². The van der Waals surface area contributed by atoms with E-state index in [0.717, 1.165) is 35.6 Å². The normalized spacial score (nSPS) is 11.6. The predicted octanol–water partition coefficient (Wildman–Crippen LogP) is 3.65. The Morgan fingerprint density at radius 3 is 2.58 bits per heavy atom. The highest BCUT2D eigenvalue weighted by Crippen LogP contribution is 2.21. The molecule has 2 aromatic heterocycles. The smallest absolute Gasteiger partial charge is 0.158 e.